The number of benzene rings is 6. The maximum atomic E-state index is 2.53. The predicted octanol–water partition coefficient (Wildman–Crippen LogP) is 11.8. The van der Waals surface area contributed by atoms with Gasteiger partial charge in [-0.25, -0.2) is 0 Å². The lowest BCUT2D eigenvalue weighted by molar-refractivity contribution is 0.652. The highest BCUT2D eigenvalue weighted by atomic mass is 15.1. The van der Waals surface area contributed by atoms with Crippen LogP contribution in [0.5, 0.6) is 0 Å². The van der Waals surface area contributed by atoms with Crippen LogP contribution in [-0.2, 0) is 10.8 Å². The summed E-state index contributed by atoms with van der Waals surface area (Å²) in [7, 11) is 0. The van der Waals surface area contributed by atoms with Crippen LogP contribution in [0.4, 0.5) is 17.1 Å². The van der Waals surface area contributed by atoms with Crippen LogP contribution in [0.3, 0.4) is 0 Å². The molecular weight excluding hydrogens is 530 g/mol. The van der Waals surface area contributed by atoms with E-state index in [4.69, 9.17) is 0 Å². The molecule has 0 spiro atoms. The molecule has 1 nitrogen and oxygen atoms in total. The Kier molecular flexibility index (Phi) is 5.63. The summed E-state index contributed by atoms with van der Waals surface area (Å²) in [6.07, 6.45) is 0. The molecule has 6 aromatic rings. The lowest BCUT2D eigenvalue weighted by atomic mass is 9.79. The molecule has 0 aliphatic heterocycles. The normalized spacial score (nSPS) is 15.1. The van der Waals surface area contributed by atoms with Gasteiger partial charge in [-0.3, -0.25) is 0 Å². The van der Waals surface area contributed by atoms with E-state index in [1.165, 1.54) is 89.0 Å². The average Bonchev–Trinajstić information content (AvgIpc) is 3.37. The summed E-state index contributed by atoms with van der Waals surface area (Å²) < 4.78 is 0. The van der Waals surface area contributed by atoms with Crippen molar-refractivity contribution in [1.82, 2.24) is 0 Å². The first kappa shape index (κ1) is 27.0. The number of aryl methyl sites for hydroxylation is 3. The van der Waals surface area contributed by atoms with Gasteiger partial charge in [-0.2, -0.15) is 0 Å². The smallest absolute Gasteiger partial charge is 0.0543 e. The molecule has 0 atom stereocenters. The van der Waals surface area contributed by atoms with Crippen LogP contribution >= 0.6 is 0 Å². The van der Waals surface area contributed by atoms with E-state index in [1.54, 1.807) is 0 Å². The van der Waals surface area contributed by atoms with Crippen LogP contribution in [0.1, 0.15) is 66.6 Å². The monoisotopic (exact) mass is 569 g/mol. The summed E-state index contributed by atoms with van der Waals surface area (Å²) in [5.74, 6) is 0. The Balaban J connectivity index is 1.43. The van der Waals surface area contributed by atoms with Crippen molar-refractivity contribution in [1.29, 1.82) is 0 Å². The van der Waals surface area contributed by atoms with Gasteiger partial charge < -0.3 is 4.90 Å². The van der Waals surface area contributed by atoms with Gasteiger partial charge in [0.15, 0.2) is 0 Å². The van der Waals surface area contributed by atoms with Gasteiger partial charge in [-0.05, 0) is 113 Å². The van der Waals surface area contributed by atoms with Crippen LogP contribution in [0.15, 0.2) is 109 Å². The van der Waals surface area contributed by atoms with E-state index >= 15 is 0 Å². The van der Waals surface area contributed by atoms with E-state index in [2.05, 4.69) is 163 Å². The van der Waals surface area contributed by atoms with E-state index < -0.39 is 0 Å². The first-order valence-electron chi connectivity index (χ1n) is 15.9. The molecule has 8 rings (SSSR count). The van der Waals surface area contributed by atoms with Gasteiger partial charge in [0.2, 0.25) is 0 Å². The van der Waals surface area contributed by atoms with Crippen LogP contribution in [-0.4, -0.2) is 0 Å². The fraction of sp³-hybridized carbons (Fsp3) is 0.209. The summed E-state index contributed by atoms with van der Waals surface area (Å²) in [4.78, 5) is 2.48. The van der Waals surface area contributed by atoms with Crippen molar-refractivity contribution >= 4 is 27.8 Å². The largest absolute Gasteiger partial charge is 0.310 e. The van der Waals surface area contributed by atoms with Crippen LogP contribution in [0.25, 0.3) is 33.0 Å². The molecule has 0 N–H and O–H groups in total. The molecule has 2 aliphatic rings. The van der Waals surface area contributed by atoms with Crippen molar-refractivity contribution < 1.29 is 0 Å². The molecule has 216 valence electrons. The summed E-state index contributed by atoms with van der Waals surface area (Å²) in [6.45, 7) is 16.2. The highest BCUT2D eigenvalue weighted by Crippen LogP contribution is 2.58. The highest BCUT2D eigenvalue weighted by molar-refractivity contribution is 6.10. The number of fused-ring (bicyclic) bond motifs is 8. The summed E-state index contributed by atoms with van der Waals surface area (Å²) >= 11 is 0. The van der Waals surface area contributed by atoms with Gasteiger partial charge in [0.25, 0.3) is 0 Å². The third-order valence-electron chi connectivity index (χ3n) is 10.5. The zero-order chi connectivity index (χ0) is 30.5. The minimum Gasteiger partial charge on any atom is -0.310 e. The molecule has 0 aromatic heterocycles. The highest BCUT2D eigenvalue weighted by Gasteiger charge is 2.42. The fourth-order valence-corrected chi connectivity index (χ4v) is 8.10. The number of hydrogen-bond acceptors (Lipinski definition) is 1. The molecule has 1 heteroatoms. The third-order valence-corrected chi connectivity index (χ3v) is 10.5. The second-order valence-corrected chi connectivity index (χ2v) is 14.1. The Morgan fingerprint density at radius 1 is 0.455 bits per heavy atom. The van der Waals surface area contributed by atoms with Crippen molar-refractivity contribution in [3.8, 4) is 22.3 Å². The second-order valence-electron chi connectivity index (χ2n) is 14.1. The van der Waals surface area contributed by atoms with Crippen molar-refractivity contribution in [2.24, 2.45) is 0 Å². The van der Waals surface area contributed by atoms with Crippen molar-refractivity contribution in [3.63, 3.8) is 0 Å². The van der Waals surface area contributed by atoms with E-state index in [0.29, 0.717) is 0 Å². The molecule has 0 heterocycles. The van der Waals surface area contributed by atoms with Gasteiger partial charge in [-0.15, -0.1) is 0 Å². The van der Waals surface area contributed by atoms with Crippen LogP contribution in [0, 0.1) is 20.8 Å². The van der Waals surface area contributed by atoms with Gasteiger partial charge in [0.05, 0.1) is 5.69 Å². The Morgan fingerprint density at radius 2 is 1.07 bits per heavy atom. The molecule has 0 saturated carbocycles. The molecule has 0 saturated heterocycles. The molecule has 6 aromatic carbocycles. The van der Waals surface area contributed by atoms with Gasteiger partial charge in [0, 0.05) is 27.6 Å². The van der Waals surface area contributed by atoms with E-state index in [0.717, 1.165) is 0 Å². The molecule has 44 heavy (non-hydrogen) atoms. The average molecular weight is 570 g/mol. The first-order valence-corrected chi connectivity index (χ1v) is 15.9. The lowest BCUT2D eigenvalue weighted by Gasteiger charge is -2.31. The number of hydrogen-bond donors (Lipinski definition) is 0. The fourth-order valence-electron chi connectivity index (χ4n) is 8.10. The molecule has 0 bridgehead atoms. The van der Waals surface area contributed by atoms with Crippen LogP contribution < -0.4 is 4.90 Å². The summed E-state index contributed by atoms with van der Waals surface area (Å²) in [6, 6.07) is 41.4. The minimum atomic E-state index is -0.151. The van der Waals surface area contributed by atoms with Crippen molar-refractivity contribution in [3.05, 3.63) is 148 Å². The van der Waals surface area contributed by atoms with E-state index in [-0.39, 0.29) is 10.8 Å². The standard InChI is InChI=1S/C43H39N/c1-26-16-19-29(20-17-26)44(39-21-18-27(2)22-28(39)3)40-25-38-41(32-14-9-8-13-31(32)40)34-24-36-33(23-37(34)43(38,6)7)30-12-10-11-15-35(30)42(36,4)5/h8-25H,1-7H3. The predicted molar refractivity (Wildman–Crippen MR) is 188 cm³/mol. The quantitative estimate of drug-likeness (QED) is 0.205. The molecular formula is C43H39N. The summed E-state index contributed by atoms with van der Waals surface area (Å²) in [5, 5.41) is 2.60. The summed E-state index contributed by atoms with van der Waals surface area (Å²) in [5.41, 5.74) is 18.5. The zero-order valence-corrected chi connectivity index (χ0v) is 26.8. The Labute approximate surface area is 261 Å². The van der Waals surface area contributed by atoms with Gasteiger partial charge in [0.1, 0.15) is 0 Å². The Bertz CT molecular complexity index is 2140. The molecule has 2 aliphatic carbocycles. The van der Waals surface area contributed by atoms with E-state index in [1.807, 2.05) is 0 Å². The third kappa shape index (κ3) is 3.65. The SMILES string of the molecule is Cc1ccc(N(c2ccc(C)cc2C)c2cc3c(c4ccccc24)-c2cc4c(cc2C3(C)C)-c2ccccc2C4(C)C)cc1. The number of nitrogens with zero attached hydrogens (tertiary/aromatic N) is 1. The lowest BCUT2D eigenvalue weighted by Crippen LogP contribution is -2.18. The minimum absolute atomic E-state index is 0.0329. The molecule has 0 unspecified atom stereocenters. The second kappa shape index (κ2) is 9.19. The van der Waals surface area contributed by atoms with Crippen LogP contribution in [0.2, 0.25) is 0 Å². The topological polar surface area (TPSA) is 3.24 Å². The van der Waals surface area contributed by atoms with E-state index in [9.17, 15) is 0 Å². The van der Waals surface area contributed by atoms with Crippen molar-refractivity contribution in [2.75, 3.05) is 4.90 Å². The number of anilines is 3. The van der Waals surface area contributed by atoms with Crippen molar-refractivity contribution in [2.45, 2.75) is 59.3 Å². The maximum Gasteiger partial charge on any atom is 0.0543 e. The Morgan fingerprint density at radius 3 is 1.82 bits per heavy atom. The first-order chi connectivity index (χ1) is 21.1. The van der Waals surface area contributed by atoms with Gasteiger partial charge >= 0.3 is 0 Å². The molecule has 0 amide bonds. The molecule has 0 fully saturated rings. The Hall–Kier alpha value is -4.62. The molecule has 0 radical (unpaired) electrons. The van der Waals surface area contributed by atoms with Gasteiger partial charge in [-0.1, -0.05) is 112 Å². The zero-order valence-electron chi connectivity index (χ0n) is 26.8. The maximum absolute atomic E-state index is 2.53. The number of rotatable bonds is 3.